The summed E-state index contributed by atoms with van der Waals surface area (Å²) in [6.07, 6.45) is -3.38. The number of hydrogen-bond acceptors (Lipinski definition) is 6. The van der Waals surface area contributed by atoms with Gasteiger partial charge in [0.25, 0.3) is 0 Å². The second kappa shape index (κ2) is 5.51. The maximum atomic E-state index is 12.4. The molecule has 0 radical (unpaired) electrons. The summed E-state index contributed by atoms with van der Waals surface area (Å²) < 4.78 is 37.3. The molecule has 0 bridgehead atoms. The number of hydrazine groups is 1. The quantitative estimate of drug-likeness (QED) is 0.623. The van der Waals surface area contributed by atoms with Crippen molar-refractivity contribution in [2.45, 2.75) is 18.6 Å². The van der Waals surface area contributed by atoms with E-state index in [9.17, 15) is 13.2 Å². The zero-order valence-corrected chi connectivity index (χ0v) is 10.5. The van der Waals surface area contributed by atoms with Gasteiger partial charge in [0.1, 0.15) is 0 Å². The zero-order valence-electron chi connectivity index (χ0n) is 10.5. The molecular formula is C10H12F3N7. The van der Waals surface area contributed by atoms with Gasteiger partial charge < -0.3 is 0 Å². The molecule has 0 saturated heterocycles. The van der Waals surface area contributed by atoms with E-state index in [-0.39, 0.29) is 6.42 Å². The van der Waals surface area contributed by atoms with Crippen LogP contribution in [0, 0.1) is 0 Å². The third kappa shape index (κ3) is 3.27. The summed E-state index contributed by atoms with van der Waals surface area (Å²) in [5.41, 5.74) is 2.03. The summed E-state index contributed by atoms with van der Waals surface area (Å²) in [5, 5.41) is 11.4. The first-order valence-electron chi connectivity index (χ1n) is 5.62. The molecule has 2 aromatic rings. The van der Waals surface area contributed by atoms with E-state index in [1.54, 1.807) is 7.05 Å². The number of pyridine rings is 1. The molecule has 2 heterocycles. The number of hydrogen-bond donors (Lipinski definition) is 2. The molecule has 108 valence electrons. The Hall–Kier alpha value is -2.07. The highest BCUT2D eigenvalue weighted by Gasteiger charge is 2.31. The molecular weight excluding hydrogens is 275 g/mol. The van der Waals surface area contributed by atoms with Crippen molar-refractivity contribution in [3.63, 3.8) is 0 Å². The summed E-state index contributed by atoms with van der Waals surface area (Å²) in [5.74, 6) is 5.80. The highest BCUT2D eigenvalue weighted by Crippen LogP contribution is 2.29. The highest BCUT2D eigenvalue weighted by molar-refractivity contribution is 5.19. The van der Waals surface area contributed by atoms with Gasteiger partial charge in [0, 0.05) is 12.6 Å². The Bertz CT molecular complexity index is 563. The number of tetrazole rings is 1. The summed E-state index contributed by atoms with van der Waals surface area (Å²) in [6.45, 7) is 0. The van der Waals surface area contributed by atoms with Crippen molar-refractivity contribution in [1.29, 1.82) is 0 Å². The van der Waals surface area contributed by atoms with Crippen molar-refractivity contribution in [3.05, 3.63) is 35.4 Å². The van der Waals surface area contributed by atoms with Crippen LogP contribution in [0.1, 0.15) is 23.1 Å². The standard InChI is InChI=1S/C10H12F3N7/c1-20-18-9(17-19-20)4-8(16-14)7-3-2-6(5-15-7)10(11,12)13/h2-3,5,8,16H,4,14H2,1H3. The third-order valence-corrected chi connectivity index (χ3v) is 2.61. The van der Waals surface area contributed by atoms with Gasteiger partial charge in [0.15, 0.2) is 5.82 Å². The molecule has 0 spiro atoms. The lowest BCUT2D eigenvalue weighted by Gasteiger charge is -2.14. The summed E-state index contributed by atoms with van der Waals surface area (Å²) in [7, 11) is 1.61. The SMILES string of the molecule is Cn1nnc(CC(NN)c2ccc(C(F)(F)F)cn2)n1. The minimum Gasteiger partial charge on any atom is -0.271 e. The number of halogens is 3. The maximum absolute atomic E-state index is 12.4. The molecule has 0 aromatic carbocycles. The van der Waals surface area contributed by atoms with Gasteiger partial charge in [-0.15, -0.1) is 10.2 Å². The van der Waals surface area contributed by atoms with Gasteiger partial charge in [-0.2, -0.15) is 18.0 Å². The molecule has 7 nitrogen and oxygen atoms in total. The van der Waals surface area contributed by atoms with Crippen molar-refractivity contribution >= 4 is 0 Å². The fourth-order valence-corrected chi connectivity index (χ4v) is 1.62. The molecule has 0 saturated carbocycles. The predicted octanol–water partition coefficient (Wildman–Crippen LogP) is 0.371. The number of aryl methyl sites for hydroxylation is 1. The largest absolute Gasteiger partial charge is 0.417 e. The lowest BCUT2D eigenvalue weighted by Crippen LogP contribution is -2.30. The molecule has 10 heteroatoms. The highest BCUT2D eigenvalue weighted by atomic mass is 19.4. The van der Waals surface area contributed by atoms with Crippen LogP contribution >= 0.6 is 0 Å². The van der Waals surface area contributed by atoms with Gasteiger partial charge in [0.2, 0.25) is 0 Å². The third-order valence-electron chi connectivity index (χ3n) is 2.61. The fourth-order valence-electron chi connectivity index (χ4n) is 1.62. The van der Waals surface area contributed by atoms with Crippen molar-refractivity contribution in [2.24, 2.45) is 12.9 Å². The number of rotatable bonds is 4. The Morgan fingerprint density at radius 1 is 1.40 bits per heavy atom. The number of aromatic nitrogens is 5. The second-order valence-corrected chi connectivity index (χ2v) is 4.09. The average Bonchev–Trinajstić information content (AvgIpc) is 2.81. The molecule has 1 unspecified atom stereocenters. The van der Waals surface area contributed by atoms with E-state index < -0.39 is 17.8 Å². The molecule has 0 aliphatic heterocycles. The van der Waals surface area contributed by atoms with E-state index in [1.165, 1.54) is 10.9 Å². The second-order valence-electron chi connectivity index (χ2n) is 4.09. The smallest absolute Gasteiger partial charge is 0.271 e. The number of nitrogens with one attached hydrogen (secondary N) is 1. The van der Waals surface area contributed by atoms with Gasteiger partial charge in [-0.3, -0.25) is 16.3 Å². The van der Waals surface area contributed by atoms with E-state index in [0.717, 1.165) is 12.3 Å². The maximum Gasteiger partial charge on any atom is 0.417 e. The minimum atomic E-state index is -4.41. The Kier molecular flexibility index (Phi) is 3.95. The molecule has 2 rings (SSSR count). The molecule has 20 heavy (non-hydrogen) atoms. The van der Waals surface area contributed by atoms with Crippen LogP contribution in [0.5, 0.6) is 0 Å². The Morgan fingerprint density at radius 3 is 2.60 bits per heavy atom. The van der Waals surface area contributed by atoms with Crippen molar-refractivity contribution in [1.82, 2.24) is 30.6 Å². The van der Waals surface area contributed by atoms with E-state index >= 15 is 0 Å². The molecule has 0 amide bonds. The number of nitrogens with two attached hydrogens (primary N) is 1. The van der Waals surface area contributed by atoms with Crippen LogP contribution in [0.25, 0.3) is 0 Å². The van der Waals surface area contributed by atoms with Gasteiger partial charge in [-0.1, -0.05) is 0 Å². The van der Waals surface area contributed by atoms with Crippen LogP contribution in [0.2, 0.25) is 0 Å². The van der Waals surface area contributed by atoms with Gasteiger partial charge >= 0.3 is 6.18 Å². The van der Waals surface area contributed by atoms with Crippen LogP contribution < -0.4 is 11.3 Å². The molecule has 1 atom stereocenters. The molecule has 2 aromatic heterocycles. The lowest BCUT2D eigenvalue weighted by atomic mass is 10.1. The first-order chi connectivity index (χ1) is 9.40. The zero-order chi connectivity index (χ0) is 14.8. The van der Waals surface area contributed by atoms with E-state index in [1.807, 2.05) is 0 Å². The first-order valence-corrected chi connectivity index (χ1v) is 5.62. The van der Waals surface area contributed by atoms with E-state index in [2.05, 4.69) is 25.8 Å². The number of nitrogens with zero attached hydrogens (tertiary/aromatic N) is 5. The summed E-state index contributed by atoms with van der Waals surface area (Å²) in [4.78, 5) is 5.05. The topological polar surface area (TPSA) is 94.5 Å². The van der Waals surface area contributed by atoms with Gasteiger partial charge in [-0.25, -0.2) is 0 Å². The van der Waals surface area contributed by atoms with Crippen molar-refractivity contribution in [3.8, 4) is 0 Å². The Balaban J connectivity index is 2.15. The minimum absolute atomic E-state index is 0.267. The summed E-state index contributed by atoms with van der Waals surface area (Å²) in [6, 6.07) is 1.72. The van der Waals surface area contributed by atoms with Crippen LogP contribution in [-0.2, 0) is 19.6 Å². The summed E-state index contributed by atoms with van der Waals surface area (Å²) >= 11 is 0. The van der Waals surface area contributed by atoms with Crippen molar-refractivity contribution < 1.29 is 13.2 Å². The average molecular weight is 287 g/mol. The predicted molar refractivity (Wildman–Crippen MR) is 61.8 cm³/mol. The molecule has 0 fully saturated rings. The van der Waals surface area contributed by atoms with E-state index in [0.29, 0.717) is 11.5 Å². The number of alkyl halides is 3. The van der Waals surface area contributed by atoms with Gasteiger partial charge in [0.05, 0.1) is 24.3 Å². The van der Waals surface area contributed by atoms with Crippen LogP contribution in [-0.4, -0.2) is 25.2 Å². The monoisotopic (exact) mass is 287 g/mol. The molecule has 0 aliphatic carbocycles. The Labute approximate surface area is 112 Å². The van der Waals surface area contributed by atoms with Crippen molar-refractivity contribution in [2.75, 3.05) is 0 Å². The van der Waals surface area contributed by atoms with Crippen LogP contribution in [0.3, 0.4) is 0 Å². The first kappa shape index (κ1) is 14.3. The lowest BCUT2D eigenvalue weighted by molar-refractivity contribution is -0.137. The molecule has 0 aliphatic rings. The molecule has 3 N–H and O–H groups in total. The van der Waals surface area contributed by atoms with E-state index in [4.69, 9.17) is 5.84 Å². The van der Waals surface area contributed by atoms with Crippen LogP contribution in [0.15, 0.2) is 18.3 Å². The fraction of sp³-hybridized carbons (Fsp3) is 0.400. The normalized spacial score (nSPS) is 13.4. The Morgan fingerprint density at radius 2 is 2.15 bits per heavy atom. The van der Waals surface area contributed by atoms with Gasteiger partial charge in [-0.05, 0) is 17.3 Å². The van der Waals surface area contributed by atoms with Crippen LogP contribution in [0.4, 0.5) is 13.2 Å².